The third-order valence-electron chi connectivity index (χ3n) is 3.31. The fourth-order valence-electron chi connectivity index (χ4n) is 2.35. The van der Waals surface area contributed by atoms with E-state index in [1.807, 2.05) is 4.90 Å². The minimum Gasteiger partial charge on any atom is -0.378 e. The lowest BCUT2D eigenvalue weighted by Gasteiger charge is -2.37. The summed E-state index contributed by atoms with van der Waals surface area (Å²) in [4.78, 5) is 14.2. The van der Waals surface area contributed by atoms with Crippen LogP contribution in [-0.2, 0) is 9.53 Å². The van der Waals surface area contributed by atoms with E-state index in [0.717, 1.165) is 32.5 Å². The Balaban J connectivity index is 1.92. The Morgan fingerprint density at radius 1 is 1.47 bits per heavy atom. The van der Waals surface area contributed by atoms with E-state index in [1.54, 1.807) is 0 Å². The summed E-state index contributed by atoms with van der Waals surface area (Å²) in [6.45, 7) is 5.10. The predicted molar refractivity (Wildman–Crippen MR) is 57.6 cm³/mol. The van der Waals surface area contributed by atoms with Gasteiger partial charge >= 0.3 is 0 Å². The molecule has 1 N–H and O–H groups in total. The lowest BCUT2D eigenvalue weighted by Crippen LogP contribution is -2.55. The monoisotopic (exact) mass is 212 g/mol. The first-order chi connectivity index (χ1) is 7.29. The molecule has 2 fully saturated rings. The Labute approximate surface area is 91.0 Å². The van der Waals surface area contributed by atoms with Gasteiger partial charge in [0.05, 0.1) is 13.2 Å². The van der Waals surface area contributed by atoms with Gasteiger partial charge in [-0.25, -0.2) is 0 Å². The van der Waals surface area contributed by atoms with Gasteiger partial charge in [0, 0.05) is 19.1 Å². The van der Waals surface area contributed by atoms with Crippen LogP contribution in [0.1, 0.15) is 26.2 Å². The zero-order valence-electron chi connectivity index (χ0n) is 9.37. The summed E-state index contributed by atoms with van der Waals surface area (Å²) in [5.41, 5.74) is 0. The first-order valence-corrected chi connectivity index (χ1v) is 5.90. The Hall–Kier alpha value is -0.610. The van der Waals surface area contributed by atoms with Crippen LogP contribution < -0.4 is 5.32 Å². The van der Waals surface area contributed by atoms with E-state index in [1.165, 1.54) is 6.42 Å². The Morgan fingerprint density at radius 3 is 3.00 bits per heavy atom. The topological polar surface area (TPSA) is 41.6 Å². The van der Waals surface area contributed by atoms with Crippen LogP contribution in [0.25, 0.3) is 0 Å². The highest BCUT2D eigenvalue weighted by atomic mass is 16.5. The minimum atomic E-state index is -0.112. The van der Waals surface area contributed by atoms with Crippen LogP contribution in [0.3, 0.4) is 0 Å². The molecule has 0 spiro atoms. The third kappa shape index (κ3) is 2.49. The molecule has 4 nitrogen and oxygen atoms in total. The smallest absolute Gasteiger partial charge is 0.242 e. The summed E-state index contributed by atoms with van der Waals surface area (Å²) < 4.78 is 5.32. The molecule has 0 aromatic heterocycles. The van der Waals surface area contributed by atoms with Gasteiger partial charge in [-0.3, -0.25) is 4.79 Å². The number of carbonyl (C=O) groups excluding carboxylic acids is 1. The summed E-state index contributed by atoms with van der Waals surface area (Å²) >= 11 is 0. The number of ether oxygens (including phenoxy) is 1. The Bertz CT molecular complexity index is 227. The second kappa shape index (κ2) is 4.94. The van der Waals surface area contributed by atoms with Gasteiger partial charge < -0.3 is 15.0 Å². The van der Waals surface area contributed by atoms with Crippen LogP contribution >= 0.6 is 0 Å². The van der Waals surface area contributed by atoms with Crippen molar-refractivity contribution in [3.05, 3.63) is 0 Å². The second-order valence-corrected chi connectivity index (χ2v) is 4.46. The summed E-state index contributed by atoms with van der Waals surface area (Å²) in [6, 6.07) is 0.286. The van der Waals surface area contributed by atoms with Gasteiger partial charge in [0.2, 0.25) is 5.91 Å². The molecule has 0 aromatic carbocycles. The molecule has 2 rings (SSSR count). The van der Waals surface area contributed by atoms with Crippen molar-refractivity contribution in [1.29, 1.82) is 0 Å². The predicted octanol–water partition coefficient (Wildman–Crippen LogP) is 0.376. The summed E-state index contributed by atoms with van der Waals surface area (Å²) in [5.74, 6) is 0.224. The van der Waals surface area contributed by atoms with Gasteiger partial charge in [0.1, 0.15) is 6.04 Å². The number of hydrogen-bond donors (Lipinski definition) is 1. The largest absolute Gasteiger partial charge is 0.378 e. The van der Waals surface area contributed by atoms with Gasteiger partial charge in [-0.05, 0) is 26.2 Å². The first kappa shape index (κ1) is 10.9. The molecule has 15 heavy (non-hydrogen) atoms. The van der Waals surface area contributed by atoms with Gasteiger partial charge in [-0.15, -0.1) is 0 Å². The summed E-state index contributed by atoms with van der Waals surface area (Å²) in [5, 5.41) is 3.22. The number of hydrogen-bond acceptors (Lipinski definition) is 3. The number of piperidine rings is 1. The van der Waals surface area contributed by atoms with Gasteiger partial charge in [-0.1, -0.05) is 0 Å². The molecule has 0 aliphatic carbocycles. The Kier molecular flexibility index (Phi) is 3.59. The van der Waals surface area contributed by atoms with E-state index in [0.29, 0.717) is 12.6 Å². The SMILES string of the molecule is C[C@@H]1CCCCN1C(=O)[C@@H]1COCCN1. The number of carbonyl (C=O) groups is 1. The molecule has 0 unspecified atom stereocenters. The fourth-order valence-corrected chi connectivity index (χ4v) is 2.35. The summed E-state index contributed by atoms with van der Waals surface area (Å²) in [7, 11) is 0. The van der Waals surface area contributed by atoms with Gasteiger partial charge in [0.25, 0.3) is 0 Å². The van der Waals surface area contributed by atoms with E-state index in [2.05, 4.69) is 12.2 Å². The molecule has 4 heteroatoms. The molecule has 2 heterocycles. The second-order valence-electron chi connectivity index (χ2n) is 4.46. The zero-order chi connectivity index (χ0) is 10.7. The maximum atomic E-state index is 12.1. The van der Waals surface area contributed by atoms with E-state index in [9.17, 15) is 4.79 Å². The third-order valence-corrected chi connectivity index (χ3v) is 3.31. The van der Waals surface area contributed by atoms with Crippen molar-refractivity contribution in [2.45, 2.75) is 38.3 Å². The number of nitrogens with zero attached hydrogens (tertiary/aromatic N) is 1. The van der Waals surface area contributed by atoms with Crippen LogP contribution in [0, 0.1) is 0 Å². The average molecular weight is 212 g/mol. The molecular formula is C11H20N2O2. The number of nitrogens with one attached hydrogen (secondary N) is 1. The summed E-state index contributed by atoms with van der Waals surface area (Å²) in [6.07, 6.45) is 3.53. The van der Waals surface area contributed by atoms with Gasteiger partial charge in [0.15, 0.2) is 0 Å². The highest BCUT2D eigenvalue weighted by Gasteiger charge is 2.30. The van der Waals surface area contributed by atoms with E-state index >= 15 is 0 Å². The molecule has 86 valence electrons. The van der Waals surface area contributed by atoms with Crippen molar-refractivity contribution in [3.8, 4) is 0 Å². The minimum absolute atomic E-state index is 0.112. The number of likely N-dealkylation sites (tertiary alicyclic amines) is 1. The first-order valence-electron chi connectivity index (χ1n) is 5.90. The van der Waals surface area contributed by atoms with Crippen molar-refractivity contribution in [2.24, 2.45) is 0 Å². The van der Waals surface area contributed by atoms with Crippen molar-refractivity contribution >= 4 is 5.91 Å². The molecule has 2 aliphatic heterocycles. The molecule has 2 aliphatic rings. The molecule has 0 aromatic rings. The number of rotatable bonds is 1. The molecule has 2 saturated heterocycles. The van der Waals surface area contributed by atoms with E-state index in [-0.39, 0.29) is 11.9 Å². The van der Waals surface area contributed by atoms with Crippen LogP contribution in [0.5, 0.6) is 0 Å². The van der Waals surface area contributed by atoms with Crippen molar-refractivity contribution in [1.82, 2.24) is 10.2 Å². The fraction of sp³-hybridized carbons (Fsp3) is 0.909. The zero-order valence-corrected chi connectivity index (χ0v) is 9.37. The number of amides is 1. The highest BCUT2D eigenvalue weighted by Crippen LogP contribution is 2.17. The molecule has 0 saturated carbocycles. The maximum absolute atomic E-state index is 12.1. The average Bonchev–Trinajstić information content (AvgIpc) is 2.30. The van der Waals surface area contributed by atoms with Crippen molar-refractivity contribution < 1.29 is 9.53 Å². The normalized spacial score (nSPS) is 32.7. The molecule has 0 bridgehead atoms. The molecule has 0 radical (unpaired) electrons. The van der Waals surface area contributed by atoms with Crippen LogP contribution in [0.2, 0.25) is 0 Å². The lowest BCUT2D eigenvalue weighted by atomic mass is 10.0. The highest BCUT2D eigenvalue weighted by molar-refractivity contribution is 5.82. The lowest BCUT2D eigenvalue weighted by molar-refractivity contribution is -0.139. The van der Waals surface area contributed by atoms with Crippen LogP contribution in [0.15, 0.2) is 0 Å². The standard InChI is InChI=1S/C11H20N2O2/c1-9-4-2-3-6-13(9)11(14)10-8-15-7-5-12-10/h9-10,12H,2-8H2,1H3/t9-,10+/m1/s1. The van der Waals surface area contributed by atoms with Crippen molar-refractivity contribution in [2.75, 3.05) is 26.3 Å². The van der Waals surface area contributed by atoms with Gasteiger partial charge in [-0.2, -0.15) is 0 Å². The number of morpholine rings is 1. The maximum Gasteiger partial charge on any atom is 0.242 e. The van der Waals surface area contributed by atoms with E-state index < -0.39 is 0 Å². The Morgan fingerprint density at radius 2 is 2.33 bits per heavy atom. The van der Waals surface area contributed by atoms with E-state index in [4.69, 9.17) is 4.74 Å². The molecule has 2 atom stereocenters. The molecular weight excluding hydrogens is 192 g/mol. The van der Waals surface area contributed by atoms with Crippen LogP contribution in [0.4, 0.5) is 0 Å². The van der Waals surface area contributed by atoms with Crippen LogP contribution in [-0.4, -0.2) is 49.2 Å². The van der Waals surface area contributed by atoms with Crippen molar-refractivity contribution in [3.63, 3.8) is 0 Å². The quantitative estimate of drug-likeness (QED) is 0.683. The molecule has 1 amide bonds.